The number of amides is 2. The van der Waals surface area contributed by atoms with E-state index in [9.17, 15) is 14.4 Å². The van der Waals surface area contributed by atoms with Gasteiger partial charge in [0.25, 0.3) is 11.8 Å². The number of hydrogen-bond acceptors (Lipinski definition) is 4. The predicted octanol–water partition coefficient (Wildman–Crippen LogP) is 3.74. The molecule has 2 aromatic carbocycles. The average molecular weight is 380 g/mol. The Morgan fingerprint density at radius 1 is 0.857 bits per heavy atom. The number of benzene rings is 2. The lowest BCUT2D eigenvalue weighted by Gasteiger charge is -2.20. The number of likely N-dealkylation sites (tertiary alicyclic amines) is 1. The minimum Gasteiger partial charge on any atom is -0.465 e. The smallest absolute Gasteiger partial charge is 0.337 e. The van der Waals surface area contributed by atoms with Crippen LogP contribution < -0.4 is 5.32 Å². The van der Waals surface area contributed by atoms with Crippen molar-refractivity contribution in [2.45, 2.75) is 25.7 Å². The van der Waals surface area contributed by atoms with Gasteiger partial charge in [0.2, 0.25) is 0 Å². The molecule has 3 rings (SSSR count). The predicted molar refractivity (Wildman–Crippen MR) is 107 cm³/mol. The molecule has 0 unspecified atom stereocenters. The van der Waals surface area contributed by atoms with Crippen LogP contribution in [0.1, 0.15) is 56.8 Å². The number of esters is 1. The fourth-order valence-electron chi connectivity index (χ4n) is 3.29. The minimum absolute atomic E-state index is 0.0377. The van der Waals surface area contributed by atoms with Gasteiger partial charge in [-0.2, -0.15) is 0 Å². The molecule has 0 atom stereocenters. The summed E-state index contributed by atoms with van der Waals surface area (Å²) in [5, 5.41) is 2.76. The first kappa shape index (κ1) is 19.6. The molecule has 1 saturated heterocycles. The Hall–Kier alpha value is -3.15. The first-order valence-electron chi connectivity index (χ1n) is 9.47. The molecule has 0 spiro atoms. The lowest BCUT2D eigenvalue weighted by molar-refractivity contribution is 0.0600. The quantitative estimate of drug-likeness (QED) is 0.820. The van der Waals surface area contributed by atoms with Crippen LogP contribution >= 0.6 is 0 Å². The highest BCUT2D eigenvalue weighted by Crippen LogP contribution is 2.16. The topological polar surface area (TPSA) is 75.7 Å². The molecule has 2 aromatic rings. The number of anilines is 1. The molecular weight excluding hydrogens is 356 g/mol. The second kappa shape index (κ2) is 9.17. The molecule has 0 radical (unpaired) electrons. The summed E-state index contributed by atoms with van der Waals surface area (Å²) < 4.78 is 4.70. The van der Waals surface area contributed by atoms with Gasteiger partial charge >= 0.3 is 5.97 Å². The van der Waals surface area contributed by atoms with E-state index in [1.165, 1.54) is 7.11 Å². The Labute approximate surface area is 164 Å². The van der Waals surface area contributed by atoms with Gasteiger partial charge < -0.3 is 15.0 Å². The third-order valence-corrected chi connectivity index (χ3v) is 4.81. The monoisotopic (exact) mass is 380 g/mol. The van der Waals surface area contributed by atoms with Crippen molar-refractivity contribution in [1.29, 1.82) is 0 Å². The molecule has 1 heterocycles. The van der Waals surface area contributed by atoms with Crippen molar-refractivity contribution >= 4 is 23.5 Å². The van der Waals surface area contributed by atoms with Gasteiger partial charge in [-0.1, -0.05) is 25.0 Å². The van der Waals surface area contributed by atoms with Crippen molar-refractivity contribution in [1.82, 2.24) is 4.90 Å². The number of ether oxygens (including phenoxy) is 1. The number of hydrogen-bond donors (Lipinski definition) is 1. The Bertz CT molecular complexity index is 870. The van der Waals surface area contributed by atoms with Crippen molar-refractivity contribution in [2.24, 2.45) is 0 Å². The third-order valence-electron chi connectivity index (χ3n) is 4.81. The molecule has 0 bridgehead atoms. The maximum atomic E-state index is 12.8. The molecule has 2 amide bonds. The van der Waals surface area contributed by atoms with E-state index in [4.69, 9.17) is 4.74 Å². The SMILES string of the molecule is COC(=O)c1cccc(NC(=O)c2cccc(C(=O)N3CCCCCC3)c2)c1. The van der Waals surface area contributed by atoms with Gasteiger partial charge in [-0.3, -0.25) is 9.59 Å². The van der Waals surface area contributed by atoms with Crippen LogP contribution in [0.5, 0.6) is 0 Å². The number of rotatable bonds is 4. The van der Waals surface area contributed by atoms with Gasteiger partial charge in [0, 0.05) is 29.9 Å². The van der Waals surface area contributed by atoms with Gasteiger partial charge in [-0.15, -0.1) is 0 Å². The Morgan fingerprint density at radius 3 is 2.21 bits per heavy atom. The molecule has 0 aromatic heterocycles. The minimum atomic E-state index is -0.471. The van der Waals surface area contributed by atoms with Gasteiger partial charge in [-0.05, 0) is 49.2 Å². The summed E-state index contributed by atoms with van der Waals surface area (Å²) in [6.45, 7) is 1.52. The summed E-state index contributed by atoms with van der Waals surface area (Å²) in [4.78, 5) is 38.9. The van der Waals surface area contributed by atoms with Crippen LogP contribution in [0.3, 0.4) is 0 Å². The molecular formula is C22H24N2O4. The van der Waals surface area contributed by atoms with Crippen LogP contribution in [0.4, 0.5) is 5.69 Å². The molecule has 146 valence electrons. The van der Waals surface area contributed by atoms with Crippen molar-refractivity contribution in [3.8, 4) is 0 Å². The molecule has 6 heteroatoms. The van der Waals surface area contributed by atoms with E-state index < -0.39 is 5.97 Å². The summed E-state index contributed by atoms with van der Waals surface area (Å²) in [5.74, 6) is -0.849. The fraction of sp³-hybridized carbons (Fsp3) is 0.318. The van der Waals surface area contributed by atoms with Crippen LogP contribution in [0, 0.1) is 0 Å². The second-order valence-electron chi connectivity index (χ2n) is 6.81. The van der Waals surface area contributed by atoms with Crippen LogP contribution in [0.2, 0.25) is 0 Å². The molecule has 6 nitrogen and oxygen atoms in total. The number of methoxy groups -OCH3 is 1. The lowest BCUT2D eigenvalue weighted by atomic mass is 10.1. The van der Waals surface area contributed by atoms with Gasteiger partial charge in [0.1, 0.15) is 0 Å². The Morgan fingerprint density at radius 2 is 1.50 bits per heavy atom. The van der Waals surface area contributed by atoms with E-state index >= 15 is 0 Å². The largest absolute Gasteiger partial charge is 0.465 e. The van der Waals surface area contributed by atoms with Gasteiger partial charge in [0.05, 0.1) is 12.7 Å². The Kier molecular flexibility index (Phi) is 6.42. The molecule has 1 aliphatic rings. The first-order valence-corrected chi connectivity index (χ1v) is 9.47. The zero-order valence-electron chi connectivity index (χ0n) is 15.9. The van der Waals surface area contributed by atoms with Gasteiger partial charge in [-0.25, -0.2) is 4.79 Å². The standard InChI is InChI=1S/C22H24N2O4/c1-28-22(27)18-10-7-11-19(15-18)23-20(25)16-8-6-9-17(14-16)21(26)24-12-4-2-3-5-13-24/h6-11,14-15H,2-5,12-13H2,1H3,(H,23,25). The first-order chi connectivity index (χ1) is 13.6. The summed E-state index contributed by atoms with van der Waals surface area (Å²) in [5.41, 5.74) is 1.74. The van der Waals surface area contributed by atoms with E-state index in [0.29, 0.717) is 22.4 Å². The van der Waals surface area contributed by atoms with Crippen LogP contribution in [0.15, 0.2) is 48.5 Å². The Balaban J connectivity index is 1.73. The van der Waals surface area contributed by atoms with Crippen LogP contribution in [-0.2, 0) is 4.74 Å². The van der Waals surface area contributed by atoms with Crippen molar-refractivity contribution in [2.75, 3.05) is 25.5 Å². The summed E-state index contributed by atoms with van der Waals surface area (Å²) >= 11 is 0. The van der Waals surface area contributed by atoms with E-state index in [-0.39, 0.29) is 11.8 Å². The maximum absolute atomic E-state index is 12.8. The third kappa shape index (κ3) is 4.76. The summed E-state index contributed by atoms with van der Waals surface area (Å²) in [6, 6.07) is 13.3. The van der Waals surface area contributed by atoms with Gasteiger partial charge in [0.15, 0.2) is 0 Å². The fourth-order valence-corrected chi connectivity index (χ4v) is 3.29. The summed E-state index contributed by atoms with van der Waals surface area (Å²) in [7, 11) is 1.31. The van der Waals surface area contributed by atoms with Crippen molar-refractivity contribution in [3.63, 3.8) is 0 Å². The highest BCUT2D eigenvalue weighted by molar-refractivity contribution is 6.06. The molecule has 1 N–H and O–H groups in total. The van der Waals surface area contributed by atoms with E-state index in [1.807, 2.05) is 4.90 Å². The number of carbonyl (C=O) groups excluding carboxylic acids is 3. The van der Waals surface area contributed by atoms with Crippen LogP contribution in [0.25, 0.3) is 0 Å². The maximum Gasteiger partial charge on any atom is 0.337 e. The highest BCUT2D eigenvalue weighted by Gasteiger charge is 2.18. The zero-order chi connectivity index (χ0) is 19.9. The molecule has 0 saturated carbocycles. The second-order valence-corrected chi connectivity index (χ2v) is 6.81. The number of carbonyl (C=O) groups is 3. The zero-order valence-corrected chi connectivity index (χ0v) is 15.9. The average Bonchev–Trinajstić information content (AvgIpc) is 3.02. The van der Waals surface area contributed by atoms with Crippen molar-refractivity contribution in [3.05, 3.63) is 65.2 Å². The number of nitrogens with one attached hydrogen (secondary N) is 1. The molecule has 28 heavy (non-hydrogen) atoms. The molecule has 1 aliphatic heterocycles. The van der Waals surface area contributed by atoms with E-state index in [2.05, 4.69) is 5.32 Å². The normalized spacial score (nSPS) is 14.1. The van der Waals surface area contributed by atoms with Crippen LogP contribution in [-0.4, -0.2) is 42.9 Å². The molecule has 0 aliphatic carbocycles. The lowest BCUT2D eigenvalue weighted by Crippen LogP contribution is -2.32. The number of nitrogens with zero attached hydrogens (tertiary/aromatic N) is 1. The van der Waals surface area contributed by atoms with Crippen molar-refractivity contribution < 1.29 is 19.1 Å². The van der Waals surface area contributed by atoms with E-state index in [0.717, 1.165) is 38.8 Å². The molecule has 1 fully saturated rings. The van der Waals surface area contributed by atoms with E-state index in [1.54, 1.807) is 48.5 Å². The highest BCUT2D eigenvalue weighted by atomic mass is 16.5. The summed E-state index contributed by atoms with van der Waals surface area (Å²) in [6.07, 6.45) is 4.33.